The quantitative estimate of drug-likeness (QED) is 0.864. The molecule has 4 nitrogen and oxygen atoms in total. The number of hydrogen-bond donors (Lipinski definition) is 2. The molecule has 2 heterocycles. The average Bonchev–Trinajstić information content (AvgIpc) is 2.36. The van der Waals surface area contributed by atoms with Crippen LogP contribution in [0.1, 0.15) is 30.5 Å². The Morgan fingerprint density at radius 1 is 1.47 bits per heavy atom. The first-order valence-electron chi connectivity index (χ1n) is 7.01. The van der Waals surface area contributed by atoms with Crippen LogP contribution in [0.4, 0.5) is 0 Å². The molecule has 2 N–H and O–H groups in total. The molecule has 2 aliphatic heterocycles. The zero-order valence-corrected chi connectivity index (χ0v) is 11.2. The zero-order chi connectivity index (χ0) is 13.2. The van der Waals surface area contributed by atoms with E-state index in [1.165, 1.54) is 5.56 Å². The number of carbonyl (C=O) groups excluding carboxylic acids is 1. The molecule has 0 aliphatic carbocycles. The third kappa shape index (κ3) is 2.59. The molecule has 1 fully saturated rings. The second-order valence-corrected chi connectivity index (χ2v) is 5.40. The fraction of sp³-hybridized carbons (Fsp3) is 0.533. The number of carbonyl (C=O) groups is 1. The van der Waals surface area contributed by atoms with Crippen molar-refractivity contribution in [3.63, 3.8) is 0 Å². The molecule has 2 aliphatic rings. The van der Waals surface area contributed by atoms with Crippen molar-refractivity contribution in [2.75, 3.05) is 19.7 Å². The molecule has 1 amide bonds. The zero-order valence-electron chi connectivity index (χ0n) is 11.2. The summed E-state index contributed by atoms with van der Waals surface area (Å²) in [5.74, 6) is 1.29. The SMILES string of the molecule is CC(NC(=O)C1CNC1)c1ccc2c(c1)CCCO2. The highest BCUT2D eigenvalue weighted by Gasteiger charge is 2.26. The van der Waals surface area contributed by atoms with Gasteiger partial charge in [0.1, 0.15) is 5.75 Å². The van der Waals surface area contributed by atoms with E-state index in [-0.39, 0.29) is 17.9 Å². The van der Waals surface area contributed by atoms with Crippen molar-refractivity contribution in [3.8, 4) is 5.75 Å². The normalized spacial score (nSPS) is 19.8. The van der Waals surface area contributed by atoms with Gasteiger partial charge in [-0.1, -0.05) is 12.1 Å². The van der Waals surface area contributed by atoms with Gasteiger partial charge in [-0.25, -0.2) is 0 Å². The van der Waals surface area contributed by atoms with Crippen molar-refractivity contribution in [2.45, 2.75) is 25.8 Å². The number of ether oxygens (including phenoxy) is 1. The summed E-state index contributed by atoms with van der Waals surface area (Å²) in [5.41, 5.74) is 2.42. The number of rotatable bonds is 3. The van der Waals surface area contributed by atoms with Gasteiger partial charge in [-0.2, -0.15) is 0 Å². The maximum atomic E-state index is 11.9. The van der Waals surface area contributed by atoms with Crippen LogP contribution in [-0.2, 0) is 11.2 Å². The molecule has 1 aromatic carbocycles. The number of fused-ring (bicyclic) bond motifs is 1. The predicted molar refractivity (Wildman–Crippen MR) is 73.2 cm³/mol. The molecule has 102 valence electrons. The minimum Gasteiger partial charge on any atom is -0.493 e. The first-order valence-corrected chi connectivity index (χ1v) is 7.01. The van der Waals surface area contributed by atoms with Crippen LogP contribution < -0.4 is 15.4 Å². The minimum atomic E-state index is 0.0559. The molecule has 0 aromatic heterocycles. The van der Waals surface area contributed by atoms with Crippen LogP contribution in [-0.4, -0.2) is 25.6 Å². The number of amides is 1. The Morgan fingerprint density at radius 3 is 3.05 bits per heavy atom. The van der Waals surface area contributed by atoms with Gasteiger partial charge < -0.3 is 15.4 Å². The standard InChI is InChI=1S/C15H20N2O2/c1-10(17-15(18)13-8-16-9-13)11-4-5-14-12(7-11)3-2-6-19-14/h4-5,7,10,13,16H,2-3,6,8-9H2,1H3,(H,17,18). The van der Waals surface area contributed by atoms with Crippen molar-refractivity contribution in [2.24, 2.45) is 5.92 Å². The Morgan fingerprint density at radius 2 is 2.32 bits per heavy atom. The van der Waals surface area contributed by atoms with Gasteiger partial charge in [0.15, 0.2) is 0 Å². The molecule has 1 aromatic rings. The van der Waals surface area contributed by atoms with Crippen molar-refractivity contribution >= 4 is 5.91 Å². The fourth-order valence-corrected chi connectivity index (χ4v) is 2.54. The number of aryl methyl sites for hydroxylation is 1. The van der Waals surface area contributed by atoms with Crippen LogP contribution in [0.25, 0.3) is 0 Å². The van der Waals surface area contributed by atoms with Crippen LogP contribution in [0, 0.1) is 5.92 Å². The fourth-order valence-electron chi connectivity index (χ4n) is 2.54. The first kappa shape index (κ1) is 12.5. The molecule has 1 unspecified atom stereocenters. The lowest BCUT2D eigenvalue weighted by molar-refractivity contribution is -0.127. The van der Waals surface area contributed by atoms with Crippen LogP contribution in [0.15, 0.2) is 18.2 Å². The molecule has 0 saturated carbocycles. The van der Waals surface area contributed by atoms with E-state index in [1.807, 2.05) is 19.1 Å². The number of hydrogen-bond acceptors (Lipinski definition) is 3. The van der Waals surface area contributed by atoms with Gasteiger partial charge in [0, 0.05) is 13.1 Å². The predicted octanol–water partition coefficient (Wildman–Crippen LogP) is 1.41. The molecule has 4 heteroatoms. The Hall–Kier alpha value is -1.55. The van der Waals surface area contributed by atoms with Gasteiger partial charge in [-0.15, -0.1) is 0 Å². The van der Waals surface area contributed by atoms with E-state index >= 15 is 0 Å². The van der Waals surface area contributed by atoms with Gasteiger partial charge >= 0.3 is 0 Å². The largest absolute Gasteiger partial charge is 0.493 e. The topological polar surface area (TPSA) is 50.4 Å². The van der Waals surface area contributed by atoms with Crippen molar-refractivity contribution < 1.29 is 9.53 Å². The summed E-state index contributed by atoms with van der Waals surface area (Å²) in [6.45, 7) is 4.45. The Balaban J connectivity index is 1.68. The molecular weight excluding hydrogens is 240 g/mol. The van der Waals surface area contributed by atoms with E-state index in [1.54, 1.807) is 0 Å². The second-order valence-electron chi connectivity index (χ2n) is 5.40. The smallest absolute Gasteiger partial charge is 0.226 e. The summed E-state index contributed by atoms with van der Waals surface area (Å²) < 4.78 is 5.61. The van der Waals surface area contributed by atoms with E-state index in [2.05, 4.69) is 16.7 Å². The monoisotopic (exact) mass is 260 g/mol. The summed E-state index contributed by atoms with van der Waals surface area (Å²) in [6.07, 6.45) is 2.14. The van der Waals surface area contributed by atoms with E-state index < -0.39 is 0 Å². The molecular formula is C15H20N2O2. The number of nitrogens with one attached hydrogen (secondary N) is 2. The van der Waals surface area contributed by atoms with E-state index in [4.69, 9.17) is 4.74 Å². The molecule has 3 rings (SSSR count). The highest BCUT2D eigenvalue weighted by Crippen LogP contribution is 2.27. The van der Waals surface area contributed by atoms with E-state index in [0.717, 1.165) is 43.9 Å². The van der Waals surface area contributed by atoms with Gasteiger partial charge in [0.25, 0.3) is 0 Å². The average molecular weight is 260 g/mol. The third-order valence-electron chi connectivity index (χ3n) is 3.94. The van der Waals surface area contributed by atoms with Crippen molar-refractivity contribution in [3.05, 3.63) is 29.3 Å². The lowest BCUT2D eigenvalue weighted by Gasteiger charge is -2.28. The summed E-state index contributed by atoms with van der Waals surface area (Å²) in [7, 11) is 0. The lowest BCUT2D eigenvalue weighted by atomic mass is 9.98. The van der Waals surface area contributed by atoms with Crippen LogP contribution in [0.3, 0.4) is 0 Å². The molecule has 0 radical (unpaired) electrons. The van der Waals surface area contributed by atoms with Gasteiger partial charge in [0.2, 0.25) is 5.91 Å². The maximum absolute atomic E-state index is 11.9. The third-order valence-corrected chi connectivity index (χ3v) is 3.94. The summed E-state index contributed by atoms with van der Waals surface area (Å²) in [4.78, 5) is 11.9. The van der Waals surface area contributed by atoms with Crippen molar-refractivity contribution in [1.82, 2.24) is 10.6 Å². The van der Waals surface area contributed by atoms with E-state index in [9.17, 15) is 4.79 Å². The summed E-state index contributed by atoms with van der Waals surface area (Å²) in [6, 6.07) is 6.30. The van der Waals surface area contributed by atoms with Crippen LogP contribution in [0.5, 0.6) is 5.75 Å². The Kier molecular flexibility index (Phi) is 3.42. The molecule has 1 saturated heterocycles. The molecule has 0 bridgehead atoms. The van der Waals surface area contributed by atoms with Crippen LogP contribution >= 0.6 is 0 Å². The molecule has 1 atom stereocenters. The Bertz CT molecular complexity index is 483. The highest BCUT2D eigenvalue weighted by atomic mass is 16.5. The van der Waals surface area contributed by atoms with Crippen molar-refractivity contribution in [1.29, 1.82) is 0 Å². The minimum absolute atomic E-state index is 0.0559. The summed E-state index contributed by atoms with van der Waals surface area (Å²) in [5, 5.41) is 6.20. The lowest BCUT2D eigenvalue weighted by Crippen LogP contribution is -2.51. The first-order chi connectivity index (χ1) is 9.24. The number of benzene rings is 1. The Labute approximate surface area is 113 Å². The second kappa shape index (κ2) is 5.21. The van der Waals surface area contributed by atoms with Gasteiger partial charge in [-0.3, -0.25) is 4.79 Å². The highest BCUT2D eigenvalue weighted by molar-refractivity contribution is 5.80. The summed E-state index contributed by atoms with van der Waals surface area (Å²) >= 11 is 0. The molecule has 0 spiro atoms. The van der Waals surface area contributed by atoms with Gasteiger partial charge in [0.05, 0.1) is 18.6 Å². The maximum Gasteiger partial charge on any atom is 0.226 e. The van der Waals surface area contributed by atoms with Gasteiger partial charge in [-0.05, 0) is 37.0 Å². The molecule has 19 heavy (non-hydrogen) atoms. The van der Waals surface area contributed by atoms with E-state index in [0.29, 0.717) is 0 Å². The van der Waals surface area contributed by atoms with Crippen LogP contribution in [0.2, 0.25) is 0 Å².